The number of piperazine rings is 1. The molecule has 39 heavy (non-hydrogen) atoms. The summed E-state index contributed by atoms with van der Waals surface area (Å²) in [6.45, 7) is 6.07. The first kappa shape index (κ1) is 27.5. The number of nitrogens with zero attached hydrogens (tertiary/aromatic N) is 5. The number of rotatable bonds is 8. The van der Waals surface area contributed by atoms with Crippen molar-refractivity contribution in [2.45, 2.75) is 19.8 Å². The third kappa shape index (κ3) is 6.22. The molecule has 0 spiro atoms. The number of hydrogen-bond acceptors (Lipinski definition) is 8. The van der Waals surface area contributed by atoms with E-state index in [9.17, 15) is 9.59 Å². The van der Waals surface area contributed by atoms with Crippen LogP contribution in [-0.4, -0.2) is 66.0 Å². The Bertz CT molecular complexity index is 1380. The zero-order valence-corrected chi connectivity index (χ0v) is 23.6. The van der Waals surface area contributed by atoms with Gasteiger partial charge in [0.1, 0.15) is 11.3 Å². The van der Waals surface area contributed by atoms with Gasteiger partial charge in [-0.05, 0) is 50.2 Å². The van der Waals surface area contributed by atoms with Gasteiger partial charge in [0.25, 0.3) is 5.91 Å². The van der Waals surface area contributed by atoms with Gasteiger partial charge in [-0.2, -0.15) is 4.98 Å². The summed E-state index contributed by atoms with van der Waals surface area (Å²) in [7, 11) is 0. The van der Waals surface area contributed by atoms with Crippen LogP contribution in [-0.2, 0) is 4.79 Å². The number of aromatic nitrogens is 2. The largest absolute Gasteiger partial charge is 0.455 e. The topological polar surface area (TPSA) is 90.9 Å². The Morgan fingerprint density at radius 2 is 1.79 bits per heavy atom. The molecule has 1 amide bonds. The predicted octanol–water partition coefficient (Wildman–Crippen LogP) is 5.67. The van der Waals surface area contributed by atoms with E-state index in [1.165, 1.54) is 11.1 Å². The van der Waals surface area contributed by atoms with Crippen molar-refractivity contribution in [1.29, 1.82) is 0 Å². The summed E-state index contributed by atoms with van der Waals surface area (Å²) in [5.41, 5.74) is 2.25. The van der Waals surface area contributed by atoms with Gasteiger partial charge in [-0.3, -0.25) is 14.6 Å². The molecule has 12 heteroatoms. The first-order valence-electron chi connectivity index (χ1n) is 12.6. The van der Waals surface area contributed by atoms with E-state index in [4.69, 9.17) is 39.5 Å². The van der Waals surface area contributed by atoms with Gasteiger partial charge in [-0.1, -0.05) is 40.9 Å². The monoisotopic (exact) mass is 588 g/mol. The van der Waals surface area contributed by atoms with Crippen molar-refractivity contribution in [1.82, 2.24) is 14.9 Å². The maximum absolute atomic E-state index is 13.1. The molecule has 9 nitrogen and oxygen atoms in total. The van der Waals surface area contributed by atoms with Crippen LogP contribution in [0.3, 0.4) is 0 Å². The molecule has 0 atom stereocenters. The number of ketones is 1. The summed E-state index contributed by atoms with van der Waals surface area (Å²) in [4.78, 5) is 39.0. The van der Waals surface area contributed by atoms with Gasteiger partial charge in [0, 0.05) is 44.5 Å². The van der Waals surface area contributed by atoms with Gasteiger partial charge < -0.3 is 19.7 Å². The van der Waals surface area contributed by atoms with Crippen molar-refractivity contribution in [3.8, 4) is 5.88 Å². The number of nitrogens with one attached hydrogen (secondary N) is 1. The van der Waals surface area contributed by atoms with Crippen LogP contribution in [0.15, 0.2) is 42.6 Å². The van der Waals surface area contributed by atoms with Crippen molar-refractivity contribution in [3.63, 3.8) is 0 Å². The van der Waals surface area contributed by atoms with E-state index in [0.717, 1.165) is 44.8 Å². The van der Waals surface area contributed by atoms with Crippen molar-refractivity contribution in [3.05, 3.63) is 63.2 Å². The van der Waals surface area contributed by atoms with E-state index in [-0.39, 0.29) is 35.8 Å². The molecule has 0 saturated carbocycles. The summed E-state index contributed by atoms with van der Waals surface area (Å²) >= 11 is 19.2. The molecule has 3 heterocycles. The second kappa shape index (κ2) is 12.0. The summed E-state index contributed by atoms with van der Waals surface area (Å²) in [6.07, 6.45) is 2.94. The average Bonchev–Trinajstić information content (AvgIpc) is 2.90. The van der Waals surface area contributed by atoms with Crippen molar-refractivity contribution in [2.75, 3.05) is 54.6 Å². The Kier molecular flexibility index (Phi) is 8.42. The summed E-state index contributed by atoms with van der Waals surface area (Å²) in [5, 5.41) is 4.43. The molecule has 0 bridgehead atoms. The molecule has 1 N–H and O–H groups in total. The minimum atomic E-state index is -0.357. The Hall–Kier alpha value is -3.11. The lowest BCUT2D eigenvalue weighted by Gasteiger charge is -2.36. The van der Waals surface area contributed by atoms with Crippen LogP contribution < -0.4 is 19.9 Å². The minimum Gasteiger partial charge on any atom is -0.455 e. The highest BCUT2D eigenvalue weighted by atomic mass is 35.5. The fourth-order valence-corrected chi connectivity index (χ4v) is 5.56. The Balaban J connectivity index is 1.22. The quantitative estimate of drug-likeness (QED) is 0.360. The molecule has 0 aliphatic carbocycles. The molecular weight excluding hydrogens is 563 g/mol. The SMILES string of the molecule is CC(=O)CCCN1CCN(c2ccc(Nc3ncc4c(n3)OCN(c3c(Cl)cccc3Cl)C4=O)cc2Cl)CC1. The number of ether oxygens (including phenoxy) is 1. The lowest BCUT2D eigenvalue weighted by molar-refractivity contribution is -0.117. The van der Waals surface area contributed by atoms with Crippen LogP contribution in [0, 0.1) is 0 Å². The number of anilines is 4. The number of carbonyl (C=O) groups excluding carboxylic acids is 2. The Morgan fingerprint density at radius 1 is 1.05 bits per heavy atom. The highest BCUT2D eigenvalue weighted by molar-refractivity contribution is 6.40. The molecular formula is C27H27Cl3N6O3. The number of para-hydroxylation sites is 1. The molecule has 2 aliphatic rings. The van der Waals surface area contributed by atoms with Crippen LogP contribution in [0.25, 0.3) is 0 Å². The summed E-state index contributed by atoms with van der Waals surface area (Å²) < 4.78 is 5.76. The van der Waals surface area contributed by atoms with Gasteiger partial charge in [-0.15, -0.1) is 0 Å². The van der Waals surface area contributed by atoms with Gasteiger partial charge in [0.15, 0.2) is 6.73 Å². The number of hydrogen-bond donors (Lipinski definition) is 1. The smallest absolute Gasteiger partial charge is 0.268 e. The molecule has 3 aromatic rings. The molecule has 1 aromatic heterocycles. The van der Waals surface area contributed by atoms with Crippen LogP contribution in [0.5, 0.6) is 5.88 Å². The Morgan fingerprint density at radius 3 is 2.49 bits per heavy atom. The molecule has 5 rings (SSSR count). The minimum absolute atomic E-state index is 0.0870. The number of fused-ring (bicyclic) bond motifs is 1. The van der Waals surface area contributed by atoms with E-state index in [2.05, 4.69) is 25.1 Å². The van der Waals surface area contributed by atoms with E-state index < -0.39 is 0 Å². The zero-order chi connectivity index (χ0) is 27.5. The highest BCUT2D eigenvalue weighted by Crippen LogP contribution is 2.37. The van der Waals surface area contributed by atoms with E-state index >= 15 is 0 Å². The first-order valence-corrected chi connectivity index (χ1v) is 13.7. The second-order valence-corrected chi connectivity index (χ2v) is 10.6. The van der Waals surface area contributed by atoms with Crippen molar-refractivity contribution < 1.29 is 14.3 Å². The molecule has 2 aromatic carbocycles. The molecule has 0 radical (unpaired) electrons. The van der Waals surface area contributed by atoms with Gasteiger partial charge in [0.2, 0.25) is 11.8 Å². The van der Waals surface area contributed by atoms with Crippen molar-refractivity contribution >= 4 is 69.5 Å². The highest BCUT2D eigenvalue weighted by Gasteiger charge is 2.31. The maximum atomic E-state index is 13.1. The number of halogens is 3. The number of Topliss-reactive ketones (excluding diaryl/α,β-unsaturated/α-hetero) is 1. The molecule has 0 unspecified atom stereocenters. The number of amides is 1. The van der Waals surface area contributed by atoms with Gasteiger partial charge in [0.05, 0.1) is 26.4 Å². The lowest BCUT2D eigenvalue weighted by atomic mass is 10.2. The fourth-order valence-electron chi connectivity index (χ4n) is 4.66. The zero-order valence-electron chi connectivity index (χ0n) is 21.3. The van der Waals surface area contributed by atoms with Crippen LogP contribution in [0.2, 0.25) is 15.1 Å². The Labute approximate surface area is 241 Å². The van der Waals surface area contributed by atoms with Crippen LogP contribution >= 0.6 is 34.8 Å². The molecule has 2 aliphatic heterocycles. The number of benzene rings is 2. The van der Waals surface area contributed by atoms with E-state index in [1.807, 2.05) is 18.2 Å². The molecule has 1 saturated heterocycles. The van der Waals surface area contributed by atoms with Gasteiger partial charge in [-0.25, -0.2) is 4.98 Å². The third-order valence-electron chi connectivity index (χ3n) is 6.69. The van der Waals surface area contributed by atoms with E-state index in [1.54, 1.807) is 25.1 Å². The fraction of sp³-hybridized carbons (Fsp3) is 0.333. The molecule has 1 fully saturated rings. The van der Waals surface area contributed by atoms with E-state index in [0.29, 0.717) is 32.9 Å². The summed E-state index contributed by atoms with van der Waals surface area (Å²) in [5.74, 6) is 0.320. The predicted molar refractivity (Wildman–Crippen MR) is 154 cm³/mol. The second-order valence-electron chi connectivity index (χ2n) is 9.41. The van der Waals surface area contributed by atoms with Crippen LogP contribution in [0.4, 0.5) is 23.0 Å². The summed E-state index contributed by atoms with van der Waals surface area (Å²) in [6, 6.07) is 10.7. The number of carbonyl (C=O) groups is 2. The third-order valence-corrected chi connectivity index (χ3v) is 7.60. The normalized spacial score (nSPS) is 15.6. The average molecular weight is 590 g/mol. The van der Waals surface area contributed by atoms with Crippen molar-refractivity contribution in [2.24, 2.45) is 0 Å². The first-order chi connectivity index (χ1) is 18.8. The van der Waals surface area contributed by atoms with Gasteiger partial charge >= 0.3 is 0 Å². The maximum Gasteiger partial charge on any atom is 0.268 e. The standard InChI is InChI=1S/C27H27Cl3N6O3/c1-17(37)4-3-9-34-10-12-35(13-11-34)23-8-7-18(14-22(23)30)32-27-31-15-19-25(33-27)39-16-36(26(19)38)24-20(28)5-2-6-21(24)29/h2,5-8,14-15H,3-4,9-13,16H2,1H3,(H,31,32,33). The lowest BCUT2D eigenvalue weighted by Crippen LogP contribution is -2.46. The molecule has 204 valence electrons. The van der Waals surface area contributed by atoms with Crippen LogP contribution in [0.1, 0.15) is 30.1 Å².